The zero-order chi connectivity index (χ0) is 26.0. The molecule has 3 aromatic rings. The summed E-state index contributed by atoms with van der Waals surface area (Å²) < 4.78 is 47.5. The van der Waals surface area contributed by atoms with Gasteiger partial charge < -0.3 is 9.84 Å². The summed E-state index contributed by atoms with van der Waals surface area (Å²) in [4.78, 5) is 12.8. The van der Waals surface area contributed by atoms with Crippen LogP contribution in [-0.2, 0) is 14.8 Å². The molecule has 1 N–H and O–H groups in total. The largest absolute Gasteiger partial charge is 0.355 e. The second kappa shape index (κ2) is 10.4. The molecule has 4 rings (SSSR count). The van der Waals surface area contributed by atoms with Gasteiger partial charge in [-0.15, -0.1) is 0 Å². The first-order valence-corrected chi connectivity index (χ1v) is 13.3. The fourth-order valence-corrected chi connectivity index (χ4v) is 6.50. The molecule has 1 aliphatic heterocycles. The van der Waals surface area contributed by atoms with Crippen LogP contribution in [0.4, 0.5) is 10.1 Å². The number of nitrogens with one attached hydrogen (secondary N) is 1. The zero-order valence-corrected chi connectivity index (χ0v) is 21.7. The van der Waals surface area contributed by atoms with Gasteiger partial charge in [0, 0.05) is 18.8 Å². The molecule has 36 heavy (non-hydrogen) atoms. The Kier molecular flexibility index (Phi) is 7.42. The number of hydrogen-bond donors (Lipinski definition) is 1. The summed E-state index contributed by atoms with van der Waals surface area (Å²) in [5.74, 6) is -1.21. The van der Waals surface area contributed by atoms with Crippen LogP contribution in [0.1, 0.15) is 46.5 Å². The molecule has 1 fully saturated rings. The normalized spacial score (nSPS) is 17.0. The van der Waals surface area contributed by atoms with Crippen LogP contribution in [0.15, 0.2) is 45.8 Å². The van der Waals surface area contributed by atoms with E-state index in [0.717, 1.165) is 22.3 Å². The van der Waals surface area contributed by atoms with E-state index in [4.69, 9.17) is 4.52 Å². The molecule has 190 valence electrons. The molecule has 0 radical (unpaired) electrons. The summed E-state index contributed by atoms with van der Waals surface area (Å²) in [6, 6.07) is 9.75. The van der Waals surface area contributed by atoms with Crippen molar-refractivity contribution in [1.29, 1.82) is 0 Å². The summed E-state index contributed by atoms with van der Waals surface area (Å²) in [7, 11) is -3.97. The van der Waals surface area contributed by atoms with Gasteiger partial charge in [-0.3, -0.25) is 4.79 Å². The molecule has 2 aromatic carbocycles. The van der Waals surface area contributed by atoms with Crippen molar-refractivity contribution in [3.8, 4) is 0 Å². The van der Waals surface area contributed by atoms with Gasteiger partial charge in [0.1, 0.15) is 11.5 Å². The molecular formula is C27H30FN3O4S. The number of amides is 1. The Morgan fingerprint density at radius 1 is 1.14 bits per heavy atom. The van der Waals surface area contributed by atoms with E-state index in [1.54, 1.807) is 19.1 Å². The van der Waals surface area contributed by atoms with Crippen LogP contribution in [0.5, 0.6) is 0 Å². The van der Waals surface area contributed by atoms with Gasteiger partial charge in [0.25, 0.3) is 0 Å². The van der Waals surface area contributed by atoms with Gasteiger partial charge in [0.2, 0.25) is 15.9 Å². The molecule has 1 aromatic heterocycles. The standard InChI is InChI=1S/C27H30FN3O4S/c1-17-13-18(2)24(19(3)14-17)10-11-25-26(20(4)30-35-25)36(33,34)31-12-6-7-21(16-31)27(32)29-23-9-5-8-22(28)15-23/h5,8-11,13-15,21H,6-7,12,16H2,1-4H3,(H,29,32)/b11-10+/t21-/m1/s1. The molecule has 1 atom stereocenters. The van der Waals surface area contributed by atoms with Crippen molar-refractivity contribution in [2.75, 3.05) is 18.4 Å². The molecular weight excluding hydrogens is 481 g/mol. The van der Waals surface area contributed by atoms with Gasteiger partial charge in [-0.2, -0.15) is 4.31 Å². The summed E-state index contributed by atoms with van der Waals surface area (Å²) >= 11 is 0. The highest BCUT2D eigenvalue weighted by molar-refractivity contribution is 7.89. The fraction of sp³-hybridized carbons (Fsp3) is 0.333. The van der Waals surface area contributed by atoms with Crippen molar-refractivity contribution in [2.24, 2.45) is 5.92 Å². The Labute approximate surface area is 211 Å². The maximum atomic E-state index is 13.7. The zero-order valence-electron chi connectivity index (χ0n) is 20.8. The predicted octanol–water partition coefficient (Wildman–Crippen LogP) is 5.26. The van der Waals surface area contributed by atoms with Crippen molar-refractivity contribution < 1.29 is 22.1 Å². The first-order chi connectivity index (χ1) is 17.1. The lowest BCUT2D eigenvalue weighted by Gasteiger charge is -2.31. The van der Waals surface area contributed by atoms with Crippen molar-refractivity contribution >= 4 is 33.8 Å². The number of carbonyl (C=O) groups is 1. The van der Waals surface area contributed by atoms with Gasteiger partial charge in [-0.25, -0.2) is 12.8 Å². The van der Waals surface area contributed by atoms with E-state index in [1.165, 1.54) is 22.5 Å². The van der Waals surface area contributed by atoms with Crippen LogP contribution < -0.4 is 5.32 Å². The molecule has 9 heteroatoms. The van der Waals surface area contributed by atoms with E-state index < -0.39 is 21.8 Å². The van der Waals surface area contributed by atoms with Gasteiger partial charge in [0.15, 0.2) is 10.7 Å². The average molecular weight is 512 g/mol. The smallest absolute Gasteiger partial charge is 0.248 e. The lowest BCUT2D eigenvalue weighted by atomic mass is 9.99. The minimum Gasteiger partial charge on any atom is -0.355 e. The number of aryl methyl sites for hydroxylation is 4. The van der Waals surface area contributed by atoms with Gasteiger partial charge in [0.05, 0.1) is 5.92 Å². The van der Waals surface area contributed by atoms with Crippen LogP contribution in [0, 0.1) is 39.4 Å². The molecule has 1 saturated heterocycles. The molecule has 7 nitrogen and oxygen atoms in total. The van der Waals surface area contributed by atoms with Crippen LogP contribution >= 0.6 is 0 Å². The third kappa shape index (κ3) is 5.42. The third-order valence-corrected chi connectivity index (χ3v) is 8.44. The Morgan fingerprint density at radius 2 is 1.86 bits per heavy atom. The highest BCUT2D eigenvalue weighted by Crippen LogP contribution is 2.30. The first-order valence-electron chi connectivity index (χ1n) is 11.8. The van der Waals surface area contributed by atoms with Crippen molar-refractivity contribution in [2.45, 2.75) is 45.4 Å². The van der Waals surface area contributed by atoms with E-state index in [2.05, 4.69) is 22.6 Å². The van der Waals surface area contributed by atoms with Crippen molar-refractivity contribution in [1.82, 2.24) is 9.46 Å². The molecule has 0 saturated carbocycles. The Morgan fingerprint density at radius 3 is 2.56 bits per heavy atom. The molecule has 1 amide bonds. The van der Waals surface area contributed by atoms with Crippen LogP contribution in [-0.4, -0.2) is 36.9 Å². The van der Waals surface area contributed by atoms with E-state index in [-0.39, 0.29) is 35.3 Å². The number of anilines is 1. The minimum atomic E-state index is -3.97. The molecule has 2 heterocycles. The van der Waals surface area contributed by atoms with Gasteiger partial charge in [-0.05, 0) is 81.5 Å². The number of benzene rings is 2. The molecule has 0 aliphatic carbocycles. The van der Waals surface area contributed by atoms with E-state index in [9.17, 15) is 17.6 Å². The highest BCUT2D eigenvalue weighted by atomic mass is 32.2. The lowest BCUT2D eigenvalue weighted by Crippen LogP contribution is -2.43. The molecule has 1 aliphatic rings. The monoisotopic (exact) mass is 511 g/mol. The second-order valence-electron chi connectivity index (χ2n) is 9.31. The van der Waals surface area contributed by atoms with Crippen LogP contribution in [0.3, 0.4) is 0 Å². The number of piperidine rings is 1. The van der Waals surface area contributed by atoms with Gasteiger partial charge >= 0.3 is 0 Å². The fourth-order valence-electron chi connectivity index (χ4n) is 4.73. The Hall–Kier alpha value is -3.30. The van der Waals surface area contributed by atoms with E-state index in [1.807, 2.05) is 26.8 Å². The number of rotatable bonds is 6. The van der Waals surface area contributed by atoms with Crippen LogP contribution in [0.2, 0.25) is 0 Å². The van der Waals surface area contributed by atoms with E-state index >= 15 is 0 Å². The van der Waals surface area contributed by atoms with E-state index in [0.29, 0.717) is 18.5 Å². The maximum absolute atomic E-state index is 13.7. The summed E-state index contributed by atoms with van der Waals surface area (Å²) in [6.07, 6.45) is 4.54. The average Bonchev–Trinajstić information content (AvgIpc) is 3.19. The number of sulfonamides is 1. The number of aromatic nitrogens is 1. The van der Waals surface area contributed by atoms with Crippen molar-refractivity contribution in [3.63, 3.8) is 0 Å². The maximum Gasteiger partial charge on any atom is 0.248 e. The molecule has 0 bridgehead atoms. The molecule has 0 unspecified atom stereocenters. The molecule has 0 spiro atoms. The van der Waals surface area contributed by atoms with Gasteiger partial charge in [-0.1, -0.05) is 35.0 Å². The first kappa shape index (κ1) is 25.8. The lowest BCUT2D eigenvalue weighted by molar-refractivity contribution is -0.120. The van der Waals surface area contributed by atoms with Crippen molar-refractivity contribution in [3.05, 3.63) is 75.9 Å². The summed E-state index contributed by atoms with van der Waals surface area (Å²) in [6.45, 7) is 7.94. The highest BCUT2D eigenvalue weighted by Gasteiger charge is 2.37. The quantitative estimate of drug-likeness (QED) is 0.488. The minimum absolute atomic E-state index is 0.00681. The Balaban J connectivity index is 1.56. The number of hydrogen-bond acceptors (Lipinski definition) is 5. The predicted molar refractivity (Wildman–Crippen MR) is 137 cm³/mol. The number of nitrogens with zero attached hydrogens (tertiary/aromatic N) is 2. The third-order valence-electron chi connectivity index (χ3n) is 6.42. The topological polar surface area (TPSA) is 92.5 Å². The number of halogens is 1. The second-order valence-corrected chi connectivity index (χ2v) is 11.2. The number of carbonyl (C=O) groups excluding carboxylic acids is 1. The summed E-state index contributed by atoms with van der Waals surface area (Å²) in [5, 5.41) is 6.61. The van der Waals surface area contributed by atoms with Crippen LogP contribution in [0.25, 0.3) is 12.2 Å². The SMILES string of the molecule is Cc1cc(C)c(/C=C/c2onc(C)c2S(=O)(=O)N2CCC[C@@H](C(=O)Nc3cccc(F)c3)C2)c(C)c1. The summed E-state index contributed by atoms with van der Waals surface area (Å²) in [5.41, 5.74) is 4.90. The Bertz CT molecular complexity index is 1410.